The molecule has 0 saturated carbocycles. The average molecular weight is 412 g/mol. The van der Waals surface area contributed by atoms with Crippen molar-refractivity contribution in [3.63, 3.8) is 0 Å². The van der Waals surface area contributed by atoms with E-state index < -0.39 is 0 Å². The summed E-state index contributed by atoms with van der Waals surface area (Å²) in [5.74, 6) is -0.360. The number of anilines is 1. The lowest BCUT2D eigenvalue weighted by Gasteiger charge is -2.22. The van der Waals surface area contributed by atoms with Crippen molar-refractivity contribution in [2.75, 3.05) is 39.0 Å². The number of hydrogen-bond acceptors (Lipinski definition) is 4. The van der Waals surface area contributed by atoms with Gasteiger partial charge in [-0.05, 0) is 29.8 Å². The first kappa shape index (κ1) is 21.0. The van der Waals surface area contributed by atoms with Gasteiger partial charge in [0.2, 0.25) is 5.91 Å². The minimum Gasteiger partial charge on any atom is -0.340 e. The molecule has 3 aromatic rings. The van der Waals surface area contributed by atoms with E-state index in [0.29, 0.717) is 17.2 Å². The van der Waals surface area contributed by atoms with E-state index >= 15 is 0 Å². The van der Waals surface area contributed by atoms with Crippen LogP contribution in [0.2, 0.25) is 0 Å². The molecule has 0 saturated heterocycles. The molecule has 0 radical (unpaired) electrons. The van der Waals surface area contributed by atoms with E-state index in [9.17, 15) is 9.59 Å². The minimum absolute atomic E-state index is 0.00699. The molecule has 0 bridgehead atoms. The van der Waals surface area contributed by atoms with Crippen LogP contribution in [0.15, 0.2) is 47.8 Å². The quantitative estimate of drug-likeness (QED) is 0.597. The number of benzene rings is 2. The van der Waals surface area contributed by atoms with Gasteiger partial charge >= 0.3 is 0 Å². The molecule has 2 aromatic carbocycles. The molecule has 0 aliphatic carbocycles. The summed E-state index contributed by atoms with van der Waals surface area (Å²) in [6, 6.07) is 13.6. The van der Waals surface area contributed by atoms with E-state index in [1.165, 1.54) is 16.2 Å². The molecule has 7 heteroatoms. The van der Waals surface area contributed by atoms with Crippen LogP contribution in [0.4, 0.5) is 5.13 Å². The van der Waals surface area contributed by atoms with E-state index in [2.05, 4.69) is 24.4 Å². The van der Waals surface area contributed by atoms with Crippen molar-refractivity contribution < 1.29 is 14.5 Å². The zero-order chi connectivity index (χ0) is 20.8. The highest BCUT2D eigenvalue weighted by Gasteiger charge is 2.20. The maximum atomic E-state index is 13.2. The second kappa shape index (κ2) is 9.62. The Hall–Kier alpha value is -2.77. The second-order valence-electron chi connectivity index (χ2n) is 7.44. The standard InChI is InChI=1S/C22H26N4O2S/c1-16-15-29-22(23-16)24-20(27)14-26(12-6-11-25(2)3)21(28)19-10-9-17-7-4-5-8-18(17)13-19/h4-5,7-10,13,15H,6,11-12,14H2,1-3H3,(H,23,24,27)/p+1. The van der Waals surface area contributed by atoms with Gasteiger partial charge in [-0.1, -0.05) is 30.3 Å². The molecule has 2 amide bonds. The van der Waals surface area contributed by atoms with Crippen LogP contribution in [0.25, 0.3) is 10.8 Å². The number of rotatable bonds is 8. The number of carbonyl (C=O) groups is 2. The monoisotopic (exact) mass is 411 g/mol. The number of quaternary nitrogens is 1. The first-order chi connectivity index (χ1) is 13.9. The maximum absolute atomic E-state index is 13.2. The highest BCUT2D eigenvalue weighted by molar-refractivity contribution is 7.13. The molecule has 1 aromatic heterocycles. The molecule has 0 unspecified atom stereocenters. The Kier molecular flexibility index (Phi) is 6.95. The second-order valence-corrected chi connectivity index (χ2v) is 8.30. The lowest BCUT2D eigenvalue weighted by molar-refractivity contribution is -0.858. The van der Waals surface area contributed by atoms with Crippen LogP contribution in [-0.4, -0.2) is 55.4 Å². The third kappa shape index (κ3) is 5.85. The molecule has 3 rings (SSSR count). The van der Waals surface area contributed by atoms with Crippen LogP contribution in [0.3, 0.4) is 0 Å². The number of carbonyl (C=O) groups excluding carboxylic acids is 2. The Bertz CT molecular complexity index is 999. The van der Waals surface area contributed by atoms with Crippen LogP contribution >= 0.6 is 11.3 Å². The molecule has 0 aliphatic heterocycles. The summed E-state index contributed by atoms with van der Waals surface area (Å²) in [7, 11) is 4.15. The topological polar surface area (TPSA) is 66.7 Å². The summed E-state index contributed by atoms with van der Waals surface area (Å²) in [5.41, 5.74) is 1.46. The van der Waals surface area contributed by atoms with Crippen molar-refractivity contribution >= 4 is 39.1 Å². The Labute approximate surface area is 175 Å². The molecule has 0 atom stereocenters. The molecular formula is C22H27N4O2S+. The largest absolute Gasteiger partial charge is 0.340 e. The van der Waals surface area contributed by atoms with E-state index in [0.717, 1.165) is 29.4 Å². The van der Waals surface area contributed by atoms with E-state index in [1.807, 2.05) is 54.8 Å². The molecule has 152 valence electrons. The number of aryl methyl sites for hydroxylation is 1. The number of nitrogens with one attached hydrogen (secondary N) is 2. The molecule has 6 nitrogen and oxygen atoms in total. The van der Waals surface area contributed by atoms with Crippen LogP contribution in [0, 0.1) is 6.92 Å². The zero-order valence-corrected chi connectivity index (χ0v) is 17.9. The smallest absolute Gasteiger partial charge is 0.254 e. The van der Waals surface area contributed by atoms with E-state index in [-0.39, 0.29) is 18.4 Å². The van der Waals surface area contributed by atoms with Crippen molar-refractivity contribution in [3.8, 4) is 0 Å². The summed E-state index contributed by atoms with van der Waals surface area (Å²) < 4.78 is 0. The SMILES string of the molecule is Cc1csc(NC(=O)CN(CCC[NH+](C)C)C(=O)c2ccc3ccccc3c2)n1. The summed E-state index contributed by atoms with van der Waals surface area (Å²) in [4.78, 5) is 32.9. The van der Waals surface area contributed by atoms with Gasteiger partial charge in [-0.3, -0.25) is 9.59 Å². The van der Waals surface area contributed by atoms with Gasteiger partial charge in [0.1, 0.15) is 6.54 Å². The van der Waals surface area contributed by atoms with Gasteiger partial charge < -0.3 is 15.1 Å². The number of thiazole rings is 1. The van der Waals surface area contributed by atoms with Gasteiger partial charge in [0, 0.05) is 23.9 Å². The highest BCUT2D eigenvalue weighted by Crippen LogP contribution is 2.18. The number of aromatic nitrogens is 1. The number of amides is 2. The molecular weight excluding hydrogens is 384 g/mol. The predicted octanol–water partition coefficient (Wildman–Crippen LogP) is 2.22. The molecule has 0 aliphatic rings. The molecule has 1 heterocycles. The van der Waals surface area contributed by atoms with Crippen molar-refractivity contribution in [1.82, 2.24) is 9.88 Å². The van der Waals surface area contributed by atoms with Gasteiger partial charge in [0.05, 0.1) is 26.3 Å². The first-order valence-electron chi connectivity index (χ1n) is 9.71. The molecule has 0 spiro atoms. The fourth-order valence-corrected chi connectivity index (χ4v) is 3.83. The van der Waals surface area contributed by atoms with Gasteiger partial charge in [-0.25, -0.2) is 4.98 Å². The Balaban J connectivity index is 1.75. The van der Waals surface area contributed by atoms with Crippen LogP contribution in [0.1, 0.15) is 22.5 Å². The lowest BCUT2D eigenvalue weighted by Crippen LogP contribution is -3.05. The van der Waals surface area contributed by atoms with Crippen LogP contribution < -0.4 is 10.2 Å². The summed E-state index contributed by atoms with van der Waals surface area (Å²) in [5, 5.41) is 7.34. The Morgan fingerprint density at radius 2 is 1.90 bits per heavy atom. The maximum Gasteiger partial charge on any atom is 0.254 e. The number of nitrogens with zero attached hydrogens (tertiary/aromatic N) is 2. The number of fused-ring (bicyclic) bond motifs is 1. The third-order valence-electron chi connectivity index (χ3n) is 4.59. The molecule has 2 N–H and O–H groups in total. The van der Waals surface area contributed by atoms with Gasteiger partial charge in [-0.15, -0.1) is 11.3 Å². The van der Waals surface area contributed by atoms with E-state index in [1.54, 1.807) is 4.90 Å². The van der Waals surface area contributed by atoms with Crippen LogP contribution in [-0.2, 0) is 4.79 Å². The average Bonchev–Trinajstić information content (AvgIpc) is 3.10. The molecule has 0 fully saturated rings. The fourth-order valence-electron chi connectivity index (χ4n) is 3.12. The first-order valence-corrected chi connectivity index (χ1v) is 10.6. The Morgan fingerprint density at radius 1 is 1.14 bits per heavy atom. The normalized spacial score (nSPS) is 11.0. The van der Waals surface area contributed by atoms with Gasteiger partial charge in [0.25, 0.3) is 5.91 Å². The van der Waals surface area contributed by atoms with Crippen molar-refractivity contribution in [2.45, 2.75) is 13.3 Å². The summed E-state index contributed by atoms with van der Waals surface area (Å²) in [6.07, 6.45) is 0.825. The third-order valence-corrected chi connectivity index (χ3v) is 5.46. The number of hydrogen-bond donors (Lipinski definition) is 2. The summed E-state index contributed by atoms with van der Waals surface area (Å²) >= 11 is 1.38. The van der Waals surface area contributed by atoms with Gasteiger partial charge in [0.15, 0.2) is 5.13 Å². The van der Waals surface area contributed by atoms with Crippen molar-refractivity contribution in [3.05, 3.63) is 59.1 Å². The fraction of sp³-hybridized carbons (Fsp3) is 0.318. The summed E-state index contributed by atoms with van der Waals surface area (Å²) in [6.45, 7) is 3.34. The van der Waals surface area contributed by atoms with E-state index in [4.69, 9.17) is 0 Å². The van der Waals surface area contributed by atoms with Crippen molar-refractivity contribution in [1.29, 1.82) is 0 Å². The lowest BCUT2D eigenvalue weighted by atomic mass is 10.1. The zero-order valence-electron chi connectivity index (χ0n) is 17.1. The van der Waals surface area contributed by atoms with Crippen molar-refractivity contribution in [2.24, 2.45) is 0 Å². The minimum atomic E-state index is -0.231. The van der Waals surface area contributed by atoms with Crippen LogP contribution in [0.5, 0.6) is 0 Å². The highest BCUT2D eigenvalue weighted by atomic mass is 32.1. The Morgan fingerprint density at radius 3 is 2.59 bits per heavy atom. The molecule has 29 heavy (non-hydrogen) atoms. The predicted molar refractivity (Wildman–Crippen MR) is 118 cm³/mol. The van der Waals surface area contributed by atoms with Gasteiger partial charge in [-0.2, -0.15) is 0 Å².